The highest BCUT2D eigenvalue weighted by Gasteiger charge is 2.11. The molecule has 0 heterocycles. The maximum absolute atomic E-state index is 5.03. The molecule has 1 aliphatic rings. The van der Waals surface area contributed by atoms with Gasteiger partial charge in [0.05, 0.1) is 6.61 Å². The molecule has 0 bridgehead atoms. The Bertz CT molecular complexity index is 113. The summed E-state index contributed by atoms with van der Waals surface area (Å²) in [7, 11) is 0. The number of hydrogen-bond acceptors (Lipinski definition) is 3. The zero-order chi connectivity index (χ0) is 9.36. The first kappa shape index (κ1) is 11.0. The van der Waals surface area contributed by atoms with Gasteiger partial charge in [0.15, 0.2) is 0 Å². The summed E-state index contributed by atoms with van der Waals surface area (Å²) in [4.78, 5) is 5.03. The summed E-state index contributed by atoms with van der Waals surface area (Å²) in [6.07, 6.45) is 6.94. The summed E-state index contributed by atoms with van der Waals surface area (Å²) in [5.41, 5.74) is 2.91. The maximum atomic E-state index is 5.03. The van der Waals surface area contributed by atoms with Crippen molar-refractivity contribution < 1.29 is 4.84 Å². The summed E-state index contributed by atoms with van der Waals surface area (Å²) in [6.45, 7) is 4.65. The van der Waals surface area contributed by atoms with E-state index in [1.54, 1.807) is 0 Å². The van der Waals surface area contributed by atoms with Gasteiger partial charge in [-0.3, -0.25) is 0 Å². The lowest BCUT2D eigenvalue weighted by Gasteiger charge is -2.22. The lowest BCUT2D eigenvalue weighted by atomic mass is 9.96. The first-order valence-electron chi connectivity index (χ1n) is 5.51. The van der Waals surface area contributed by atoms with E-state index in [2.05, 4.69) is 10.8 Å². The molecule has 0 saturated heterocycles. The Hall–Kier alpha value is -0.120. The molecule has 2 N–H and O–H groups in total. The van der Waals surface area contributed by atoms with Gasteiger partial charge >= 0.3 is 0 Å². The quantitative estimate of drug-likeness (QED) is 0.486. The Kier molecular flexibility index (Phi) is 6.15. The molecule has 0 spiro atoms. The van der Waals surface area contributed by atoms with Crippen LogP contribution in [0, 0.1) is 0 Å². The Labute approximate surface area is 81.2 Å². The number of rotatable bonds is 6. The predicted molar refractivity (Wildman–Crippen MR) is 54.5 cm³/mol. The first-order valence-corrected chi connectivity index (χ1v) is 5.51. The van der Waals surface area contributed by atoms with Crippen molar-refractivity contribution in [3.63, 3.8) is 0 Å². The molecule has 0 unspecified atom stereocenters. The predicted octanol–water partition coefficient (Wildman–Crippen LogP) is 1.45. The summed E-state index contributed by atoms with van der Waals surface area (Å²) >= 11 is 0. The standard InChI is InChI=1S/C10H22N2O/c1-2-13-12-9-8-11-10-6-4-3-5-7-10/h10-12H,2-9H2,1H3. The highest BCUT2D eigenvalue weighted by molar-refractivity contribution is 4.71. The second-order valence-electron chi connectivity index (χ2n) is 3.62. The van der Waals surface area contributed by atoms with Crippen molar-refractivity contribution in [3.05, 3.63) is 0 Å². The molecule has 0 amide bonds. The molecule has 1 fully saturated rings. The van der Waals surface area contributed by atoms with Crippen LogP contribution in [0.25, 0.3) is 0 Å². The van der Waals surface area contributed by atoms with Gasteiger partial charge in [-0.15, -0.1) is 0 Å². The molecular formula is C10H22N2O. The summed E-state index contributed by atoms with van der Waals surface area (Å²) in [5, 5.41) is 3.54. The third kappa shape index (κ3) is 5.24. The summed E-state index contributed by atoms with van der Waals surface area (Å²) < 4.78 is 0. The van der Waals surface area contributed by atoms with Gasteiger partial charge in [-0.25, -0.2) is 5.48 Å². The van der Waals surface area contributed by atoms with Gasteiger partial charge in [0, 0.05) is 19.1 Å². The fourth-order valence-corrected chi connectivity index (χ4v) is 1.81. The molecular weight excluding hydrogens is 164 g/mol. The van der Waals surface area contributed by atoms with Crippen molar-refractivity contribution in [2.75, 3.05) is 19.7 Å². The van der Waals surface area contributed by atoms with E-state index in [0.717, 1.165) is 25.7 Å². The number of hydrogen-bond donors (Lipinski definition) is 2. The fourth-order valence-electron chi connectivity index (χ4n) is 1.81. The molecule has 0 aromatic carbocycles. The second-order valence-corrected chi connectivity index (χ2v) is 3.62. The fraction of sp³-hybridized carbons (Fsp3) is 1.00. The smallest absolute Gasteiger partial charge is 0.0653 e. The molecule has 1 saturated carbocycles. The van der Waals surface area contributed by atoms with Crippen LogP contribution in [0.3, 0.4) is 0 Å². The topological polar surface area (TPSA) is 33.3 Å². The average molecular weight is 186 g/mol. The minimum absolute atomic E-state index is 0.740. The maximum Gasteiger partial charge on any atom is 0.0653 e. The van der Waals surface area contributed by atoms with Crippen LogP contribution in [0.2, 0.25) is 0 Å². The summed E-state index contributed by atoms with van der Waals surface area (Å²) in [6, 6.07) is 0.761. The highest BCUT2D eigenvalue weighted by Crippen LogP contribution is 2.16. The molecule has 13 heavy (non-hydrogen) atoms. The van der Waals surface area contributed by atoms with Gasteiger partial charge in [0.2, 0.25) is 0 Å². The molecule has 1 rings (SSSR count). The van der Waals surface area contributed by atoms with E-state index >= 15 is 0 Å². The first-order chi connectivity index (χ1) is 6.43. The molecule has 0 atom stereocenters. The molecule has 0 aromatic rings. The van der Waals surface area contributed by atoms with E-state index in [1.807, 2.05) is 6.92 Å². The molecule has 78 valence electrons. The van der Waals surface area contributed by atoms with E-state index in [9.17, 15) is 0 Å². The largest absolute Gasteiger partial charge is 0.313 e. The van der Waals surface area contributed by atoms with Gasteiger partial charge in [-0.05, 0) is 19.8 Å². The van der Waals surface area contributed by atoms with E-state index in [4.69, 9.17) is 4.84 Å². The number of hydroxylamine groups is 1. The Balaban J connectivity index is 1.86. The van der Waals surface area contributed by atoms with Gasteiger partial charge in [0.25, 0.3) is 0 Å². The van der Waals surface area contributed by atoms with E-state index in [0.29, 0.717) is 0 Å². The third-order valence-electron chi connectivity index (χ3n) is 2.51. The lowest BCUT2D eigenvalue weighted by molar-refractivity contribution is 0.0511. The SMILES string of the molecule is CCONCCNC1CCCCC1. The second kappa shape index (κ2) is 7.30. The van der Waals surface area contributed by atoms with Crippen LogP contribution >= 0.6 is 0 Å². The van der Waals surface area contributed by atoms with Gasteiger partial charge < -0.3 is 10.2 Å². The van der Waals surface area contributed by atoms with Crippen LogP contribution < -0.4 is 10.8 Å². The minimum atomic E-state index is 0.740. The summed E-state index contributed by atoms with van der Waals surface area (Å²) in [5.74, 6) is 0. The van der Waals surface area contributed by atoms with Crippen molar-refractivity contribution in [1.29, 1.82) is 0 Å². The number of nitrogens with one attached hydrogen (secondary N) is 2. The van der Waals surface area contributed by atoms with Gasteiger partial charge in [-0.2, -0.15) is 0 Å². The molecule has 1 aliphatic carbocycles. The van der Waals surface area contributed by atoms with Crippen LogP contribution in [-0.2, 0) is 4.84 Å². The van der Waals surface area contributed by atoms with Crippen LogP contribution in [0.4, 0.5) is 0 Å². The minimum Gasteiger partial charge on any atom is -0.313 e. The van der Waals surface area contributed by atoms with Gasteiger partial charge in [0.1, 0.15) is 0 Å². The molecule has 3 heteroatoms. The van der Waals surface area contributed by atoms with E-state index in [-0.39, 0.29) is 0 Å². The highest BCUT2D eigenvalue weighted by atomic mass is 16.6. The van der Waals surface area contributed by atoms with Crippen LogP contribution in [0.5, 0.6) is 0 Å². The van der Waals surface area contributed by atoms with Crippen molar-refractivity contribution in [3.8, 4) is 0 Å². The lowest BCUT2D eigenvalue weighted by Crippen LogP contribution is -2.36. The van der Waals surface area contributed by atoms with Crippen LogP contribution in [-0.4, -0.2) is 25.7 Å². The van der Waals surface area contributed by atoms with E-state index in [1.165, 1.54) is 32.1 Å². The van der Waals surface area contributed by atoms with Crippen molar-refractivity contribution >= 4 is 0 Å². The Morgan fingerprint density at radius 1 is 1.15 bits per heavy atom. The molecule has 3 nitrogen and oxygen atoms in total. The molecule has 0 aromatic heterocycles. The van der Waals surface area contributed by atoms with Crippen molar-refractivity contribution in [2.45, 2.75) is 45.1 Å². The monoisotopic (exact) mass is 186 g/mol. The van der Waals surface area contributed by atoms with Crippen molar-refractivity contribution in [2.24, 2.45) is 0 Å². The van der Waals surface area contributed by atoms with Crippen LogP contribution in [0.15, 0.2) is 0 Å². The normalized spacial score (nSPS) is 19.2. The average Bonchev–Trinajstić information content (AvgIpc) is 2.19. The zero-order valence-electron chi connectivity index (χ0n) is 8.64. The Morgan fingerprint density at radius 2 is 1.92 bits per heavy atom. The molecule has 0 radical (unpaired) electrons. The van der Waals surface area contributed by atoms with Crippen LogP contribution in [0.1, 0.15) is 39.0 Å². The third-order valence-corrected chi connectivity index (χ3v) is 2.51. The van der Waals surface area contributed by atoms with Crippen molar-refractivity contribution in [1.82, 2.24) is 10.8 Å². The van der Waals surface area contributed by atoms with Gasteiger partial charge in [-0.1, -0.05) is 19.3 Å². The van der Waals surface area contributed by atoms with E-state index < -0.39 is 0 Å². The molecule has 0 aliphatic heterocycles. The zero-order valence-corrected chi connectivity index (χ0v) is 8.64. The Morgan fingerprint density at radius 3 is 2.62 bits per heavy atom.